The first-order valence-electron chi connectivity index (χ1n) is 24.7. The van der Waals surface area contributed by atoms with Crippen molar-refractivity contribution in [3.8, 4) is 0 Å². The molecule has 7 aromatic rings. The SMILES string of the molecule is OC[C@H]1O[C@H](O)[C@H](OCc2ccccc2)[C@@H](OCc2ccccc2)[C@@]1(OCc1ccccc1)[C@@]1(OCc2ccccc2)CO[C@H](COCc2ccccc2)[C@H](OCc2ccccc2)[C@@H]1OCc1ccccc1. The van der Waals surface area contributed by atoms with E-state index in [1.165, 1.54) is 0 Å². The molecule has 11 nitrogen and oxygen atoms in total. The zero-order valence-electron chi connectivity index (χ0n) is 40.4. The molecule has 2 fully saturated rings. The first-order valence-corrected chi connectivity index (χ1v) is 24.7. The number of rotatable bonds is 24. The predicted molar refractivity (Wildman–Crippen MR) is 272 cm³/mol. The summed E-state index contributed by atoms with van der Waals surface area (Å²) < 4.78 is 64.4. The van der Waals surface area contributed by atoms with Crippen LogP contribution in [0.2, 0.25) is 0 Å². The number of aliphatic hydroxyl groups is 2. The van der Waals surface area contributed by atoms with Crippen molar-refractivity contribution in [2.24, 2.45) is 0 Å². The summed E-state index contributed by atoms with van der Waals surface area (Å²) in [6.45, 7) is 0.108. The van der Waals surface area contributed by atoms with Crippen LogP contribution in [0.25, 0.3) is 0 Å². The number of aliphatic hydroxyl groups excluding tert-OH is 2. The quantitative estimate of drug-likeness (QED) is 0.0602. The van der Waals surface area contributed by atoms with Gasteiger partial charge in [-0.15, -0.1) is 0 Å². The van der Waals surface area contributed by atoms with E-state index in [0.717, 1.165) is 38.9 Å². The van der Waals surface area contributed by atoms with Crippen LogP contribution >= 0.6 is 0 Å². The number of hydrogen-bond donors (Lipinski definition) is 2. The summed E-state index contributed by atoms with van der Waals surface area (Å²) in [6, 6.07) is 68.9. The average molecular weight is 973 g/mol. The lowest BCUT2D eigenvalue weighted by Crippen LogP contribution is -2.84. The molecule has 2 aliphatic rings. The highest BCUT2D eigenvalue weighted by Crippen LogP contribution is 2.52. The minimum Gasteiger partial charge on any atom is -0.394 e. The van der Waals surface area contributed by atoms with Gasteiger partial charge in [0.25, 0.3) is 0 Å². The van der Waals surface area contributed by atoms with Crippen molar-refractivity contribution in [3.63, 3.8) is 0 Å². The standard InChI is InChI=1S/C61H64O11/c62-36-54-61(71-43-52-34-20-7-21-35-52,58(68-41-50-30-16-5-17-31-50)56(59(63)72-54)66-39-48-26-12-3-13-27-48)60(70-42-51-32-18-6-19-33-51)45-69-53(44-64-37-46-22-8-1-9-23-46)55(65-38-47-24-10-2-11-25-47)57(60)67-40-49-28-14-4-15-29-49/h1-35,53-59,62-63H,36-45H2/t53-,54-,55+,56-,57+,58-,59+,60-,61-/m1/s1. The lowest BCUT2D eigenvalue weighted by atomic mass is 9.65. The molecule has 0 aliphatic carbocycles. The summed E-state index contributed by atoms with van der Waals surface area (Å²) in [5, 5.41) is 24.3. The van der Waals surface area contributed by atoms with Crippen molar-refractivity contribution in [1.29, 1.82) is 0 Å². The van der Waals surface area contributed by atoms with Crippen molar-refractivity contribution in [3.05, 3.63) is 251 Å². The number of hydrogen-bond acceptors (Lipinski definition) is 11. The van der Waals surface area contributed by atoms with Crippen LogP contribution in [0.3, 0.4) is 0 Å². The van der Waals surface area contributed by atoms with Gasteiger partial charge in [0.2, 0.25) is 0 Å². The van der Waals surface area contributed by atoms with Crippen LogP contribution in [0, 0.1) is 0 Å². The Kier molecular flexibility index (Phi) is 18.2. The summed E-state index contributed by atoms with van der Waals surface area (Å²) in [6.07, 6.45) is -8.11. The van der Waals surface area contributed by atoms with E-state index in [-0.39, 0.29) is 52.9 Å². The molecular weight excluding hydrogens is 909 g/mol. The largest absolute Gasteiger partial charge is 0.394 e. The van der Waals surface area contributed by atoms with Crippen LogP contribution in [-0.4, -0.2) is 84.1 Å². The van der Waals surface area contributed by atoms with Crippen molar-refractivity contribution >= 4 is 0 Å². The Balaban J connectivity index is 1.25. The maximum Gasteiger partial charge on any atom is 0.184 e. The van der Waals surface area contributed by atoms with Crippen molar-refractivity contribution in [1.82, 2.24) is 0 Å². The van der Waals surface area contributed by atoms with E-state index in [1.807, 2.05) is 212 Å². The Morgan fingerprint density at radius 3 is 1.21 bits per heavy atom. The fraction of sp³-hybridized carbons (Fsp3) is 0.311. The van der Waals surface area contributed by atoms with E-state index in [1.54, 1.807) is 0 Å². The van der Waals surface area contributed by atoms with Gasteiger partial charge in [-0.2, -0.15) is 0 Å². The minimum absolute atomic E-state index is 0.00555. The van der Waals surface area contributed by atoms with Crippen LogP contribution in [0.15, 0.2) is 212 Å². The van der Waals surface area contributed by atoms with E-state index in [0.29, 0.717) is 6.61 Å². The third-order valence-electron chi connectivity index (χ3n) is 13.4. The number of ether oxygens (including phenoxy) is 9. The molecule has 7 aromatic carbocycles. The average Bonchev–Trinajstić information content (AvgIpc) is 3.44. The highest BCUT2D eigenvalue weighted by atomic mass is 16.7. The highest BCUT2D eigenvalue weighted by molar-refractivity contribution is 5.26. The van der Waals surface area contributed by atoms with Gasteiger partial charge in [-0.1, -0.05) is 212 Å². The molecule has 72 heavy (non-hydrogen) atoms. The summed E-state index contributed by atoms with van der Waals surface area (Å²) >= 11 is 0. The molecule has 0 aromatic heterocycles. The summed E-state index contributed by atoms with van der Waals surface area (Å²) in [5.41, 5.74) is 2.49. The van der Waals surface area contributed by atoms with E-state index in [9.17, 15) is 10.2 Å². The Hall–Kier alpha value is -5.90. The smallest absolute Gasteiger partial charge is 0.184 e. The first-order chi connectivity index (χ1) is 35.5. The summed E-state index contributed by atoms with van der Waals surface area (Å²) in [5.74, 6) is 0. The third-order valence-corrected chi connectivity index (χ3v) is 13.4. The zero-order valence-corrected chi connectivity index (χ0v) is 40.4. The molecule has 0 unspecified atom stereocenters. The molecule has 0 spiro atoms. The summed E-state index contributed by atoms with van der Waals surface area (Å²) in [7, 11) is 0. The molecule has 0 amide bonds. The maximum absolute atomic E-state index is 12.3. The van der Waals surface area contributed by atoms with Crippen LogP contribution < -0.4 is 0 Å². The maximum atomic E-state index is 12.3. The lowest BCUT2D eigenvalue weighted by Gasteiger charge is -2.63. The molecule has 0 bridgehead atoms. The van der Waals surface area contributed by atoms with Crippen molar-refractivity contribution < 1.29 is 52.8 Å². The molecule has 2 aliphatic heterocycles. The van der Waals surface area contributed by atoms with E-state index >= 15 is 0 Å². The molecule has 0 radical (unpaired) electrons. The van der Waals surface area contributed by atoms with Crippen LogP contribution in [0.5, 0.6) is 0 Å². The van der Waals surface area contributed by atoms with Gasteiger partial charge in [0.05, 0.1) is 66.1 Å². The van der Waals surface area contributed by atoms with E-state index in [4.69, 9.17) is 42.6 Å². The Bertz CT molecular complexity index is 2600. The van der Waals surface area contributed by atoms with Crippen molar-refractivity contribution in [2.75, 3.05) is 19.8 Å². The monoisotopic (exact) mass is 972 g/mol. The molecule has 9 atom stereocenters. The molecule has 374 valence electrons. The van der Waals surface area contributed by atoms with Gasteiger partial charge >= 0.3 is 0 Å². The van der Waals surface area contributed by atoms with Gasteiger partial charge in [0.15, 0.2) is 17.5 Å². The van der Waals surface area contributed by atoms with Gasteiger partial charge in [-0.25, -0.2) is 0 Å². The Morgan fingerprint density at radius 1 is 0.417 bits per heavy atom. The van der Waals surface area contributed by atoms with Gasteiger partial charge in [0.1, 0.15) is 36.6 Å². The topological polar surface area (TPSA) is 124 Å². The normalized spacial score (nSPS) is 25.2. The van der Waals surface area contributed by atoms with Gasteiger partial charge in [-0.3, -0.25) is 0 Å². The highest BCUT2D eigenvalue weighted by Gasteiger charge is 2.74. The number of benzene rings is 7. The second kappa shape index (κ2) is 25.7. The van der Waals surface area contributed by atoms with Gasteiger partial charge in [-0.05, 0) is 38.9 Å². The van der Waals surface area contributed by atoms with E-state index in [2.05, 4.69) is 0 Å². The molecular formula is C61H64O11. The second-order valence-corrected chi connectivity index (χ2v) is 18.2. The van der Waals surface area contributed by atoms with Gasteiger partial charge < -0.3 is 52.8 Å². The molecule has 11 heteroatoms. The predicted octanol–water partition coefficient (Wildman–Crippen LogP) is 9.56. The molecule has 2 N–H and O–H groups in total. The van der Waals surface area contributed by atoms with Crippen molar-refractivity contribution in [2.45, 2.75) is 100 Å². The lowest BCUT2D eigenvalue weighted by molar-refractivity contribution is -0.420. The molecule has 0 saturated carbocycles. The van der Waals surface area contributed by atoms with Crippen LogP contribution in [0.4, 0.5) is 0 Å². The summed E-state index contributed by atoms with van der Waals surface area (Å²) in [4.78, 5) is 0. The molecule has 9 rings (SSSR count). The fourth-order valence-corrected chi connectivity index (χ4v) is 9.79. The van der Waals surface area contributed by atoms with Crippen LogP contribution in [-0.2, 0) is 88.9 Å². The second-order valence-electron chi connectivity index (χ2n) is 18.2. The van der Waals surface area contributed by atoms with Crippen LogP contribution in [0.1, 0.15) is 38.9 Å². The molecule has 2 heterocycles. The van der Waals surface area contributed by atoms with E-state index < -0.39 is 60.7 Å². The minimum atomic E-state index is -1.92. The first kappa shape index (κ1) is 51.0. The van der Waals surface area contributed by atoms with Gasteiger partial charge in [0, 0.05) is 0 Å². The molecule has 2 saturated heterocycles. The Morgan fingerprint density at radius 2 is 0.778 bits per heavy atom. The third kappa shape index (κ3) is 12.5. The zero-order chi connectivity index (χ0) is 49.3. The Labute approximate surface area is 422 Å². The fourth-order valence-electron chi connectivity index (χ4n) is 9.79.